The Morgan fingerprint density at radius 1 is 1.10 bits per heavy atom. The monoisotopic (exact) mass is 332 g/mol. The smallest absolute Gasteiger partial charge is 0.251 e. The average molecular weight is 333 g/mol. The maximum absolute atomic E-state index is 12.0. The molecule has 0 heterocycles. The van der Waals surface area contributed by atoms with Crippen molar-refractivity contribution < 1.29 is 4.79 Å². The minimum Gasteiger partial charge on any atom is -0.348 e. The third kappa shape index (κ3) is 4.18. The molecular weight excluding hydrogens is 316 g/mol. The van der Waals surface area contributed by atoms with E-state index in [9.17, 15) is 4.79 Å². The summed E-state index contributed by atoms with van der Waals surface area (Å²) in [5.74, 6) is -0.0719. The standard InChI is InChI=1S/C16H17BrN2O/c17-15-3-1-2-14(10-15)16(20)19-11-13-6-4-12(5-7-13)8-9-18/h1-7,10H,8-9,11,18H2,(H,19,20). The molecule has 0 atom stereocenters. The van der Waals surface area contributed by atoms with E-state index in [0.717, 1.165) is 16.5 Å². The normalized spacial score (nSPS) is 10.3. The van der Waals surface area contributed by atoms with Gasteiger partial charge in [-0.05, 0) is 42.3 Å². The van der Waals surface area contributed by atoms with Crippen LogP contribution >= 0.6 is 15.9 Å². The second kappa shape index (κ2) is 7.22. The molecule has 0 radical (unpaired) electrons. The van der Waals surface area contributed by atoms with Crippen molar-refractivity contribution in [1.82, 2.24) is 5.32 Å². The lowest BCUT2D eigenvalue weighted by Gasteiger charge is -2.07. The van der Waals surface area contributed by atoms with Crippen LogP contribution in [0.2, 0.25) is 0 Å². The molecule has 2 rings (SSSR count). The lowest BCUT2D eigenvalue weighted by molar-refractivity contribution is 0.0951. The van der Waals surface area contributed by atoms with Crippen LogP contribution in [0.1, 0.15) is 21.5 Å². The molecule has 0 bridgehead atoms. The Balaban J connectivity index is 1.93. The van der Waals surface area contributed by atoms with Crippen LogP contribution in [0, 0.1) is 0 Å². The number of carbonyl (C=O) groups is 1. The summed E-state index contributed by atoms with van der Waals surface area (Å²) in [6.45, 7) is 1.17. The van der Waals surface area contributed by atoms with Crippen molar-refractivity contribution in [1.29, 1.82) is 0 Å². The molecule has 2 aromatic rings. The number of hydrogen-bond donors (Lipinski definition) is 2. The first-order valence-electron chi connectivity index (χ1n) is 6.50. The van der Waals surface area contributed by atoms with Gasteiger partial charge >= 0.3 is 0 Å². The number of hydrogen-bond acceptors (Lipinski definition) is 2. The van der Waals surface area contributed by atoms with Crippen molar-refractivity contribution in [3.8, 4) is 0 Å². The molecule has 0 unspecified atom stereocenters. The van der Waals surface area contributed by atoms with Crippen LogP contribution < -0.4 is 11.1 Å². The number of carbonyl (C=O) groups excluding carboxylic acids is 1. The number of rotatable bonds is 5. The van der Waals surface area contributed by atoms with Crippen LogP contribution in [-0.2, 0) is 13.0 Å². The first-order chi connectivity index (χ1) is 9.69. The second-order valence-electron chi connectivity index (χ2n) is 4.55. The van der Waals surface area contributed by atoms with Crippen LogP contribution in [-0.4, -0.2) is 12.5 Å². The Kier molecular flexibility index (Phi) is 5.32. The topological polar surface area (TPSA) is 55.1 Å². The van der Waals surface area contributed by atoms with Crippen molar-refractivity contribution in [2.75, 3.05) is 6.54 Å². The minimum absolute atomic E-state index is 0.0719. The van der Waals surface area contributed by atoms with Gasteiger partial charge in [-0.15, -0.1) is 0 Å². The third-order valence-corrected chi connectivity index (χ3v) is 3.49. The molecule has 104 valence electrons. The summed E-state index contributed by atoms with van der Waals surface area (Å²) in [5, 5.41) is 2.91. The van der Waals surface area contributed by atoms with E-state index in [2.05, 4.69) is 21.2 Å². The third-order valence-electron chi connectivity index (χ3n) is 3.00. The summed E-state index contributed by atoms with van der Waals surface area (Å²) in [4.78, 5) is 12.0. The maximum atomic E-state index is 12.0. The quantitative estimate of drug-likeness (QED) is 0.884. The van der Waals surface area contributed by atoms with Gasteiger partial charge in [0.1, 0.15) is 0 Å². The molecule has 2 aromatic carbocycles. The van der Waals surface area contributed by atoms with Crippen LogP contribution in [0.25, 0.3) is 0 Å². The predicted octanol–water partition coefficient (Wildman–Crippen LogP) is 2.88. The van der Waals surface area contributed by atoms with Gasteiger partial charge in [0.05, 0.1) is 0 Å². The molecule has 4 heteroatoms. The van der Waals surface area contributed by atoms with Crippen LogP contribution in [0.4, 0.5) is 0 Å². The van der Waals surface area contributed by atoms with Crippen molar-refractivity contribution in [3.05, 3.63) is 69.7 Å². The largest absolute Gasteiger partial charge is 0.348 e. The van der Waals surface area contributed by atoms with Gasteiger partial charge in [0.15, 0.2) is 0 Å². The van der Waals surface area contributed by atoms with Crippen molar-refractivity contribution in [2.24, 2.45) is 5.73 Å². The van der Waals surface area contributed by atoms with E-state index in [4.69, 9.17) is 5.73 Å². The van der Waals surface area contributed by atoms with E-state index in [1.807, 2.05) is 36.4 Å². The van der Waals surface area contributed by atoms with Crippen molar-refractivity contribution >= 4 is 21.8 Å². The zero-order chi connectivity index (χ0) is 14.4. The number of halogens is 1. The molecule has 0 aliphatic carbocycles. The summed E-state index contributed by atoms with van der Waals surface area (Å²) >= 11 is 3.36. The summed E-state index contributed by atoms with van der Waals surface area (Å²) < 4.78 is 0.899. The first-order valence-corrected chi connectivity index (χ1v) is 7.30. The second-order valence-corrected chi connectivity index (χ2v) is 5.46. The molecule has 0 aliphatic heterocycles. The molecule has 0 aromatic heterocycles. The number of benzene rings is 2. The highest BCUT2D eigenvalue weighted by Crippen LogP contribution is 2.12. The summed E-state index contributed by atoms with van der Waals surface area (Å²) in [7, 11) is 0. The van der Waals surface area contributed by atoms with Crippen molar-refractivity contribution in [3.63, 3.8) is 0 Å². The number of amides is 1. The minimum atomic E-state index is -0.0719. The highest BCUT2D eigenvalue weighted by atomic mass is 79.9. The summed E-state index contributed by atoms with van der Waals surface area (Å²) in [6, 6.07) is 15.5. The summed E-state index contributed by atoms with van der Waals surface area (Å²) in [6.07, 6.45) is 0.880. The van der Waals surface area contributed by atoms with E-state index in [1.165, 1.54) is 5.56 Å². The average Bonchev–Trinajstić information content (AvgIpc) is 2.46. The van der Waals surface area contributed by atoms with Gasteiger partial charge < -0.3 is 11.1 Å². The van der Waals surface area contributed by atoms with Gasteiger partial charge in [-0.3, -0.25) is 4.79 Å². The molecule has 0 saturated heterocycles. The van der Waals surface area contributed by atoms with Crippen molar-refractivity contribution in [2.45, 2.75) is 13.0 Å². The van der Waals surface area contributed by atoms with E-state index in [0.29, 0.717) is 18.7 Å². The Bertz CT molecular complexity index is 581. The van der Waals surface area contributed by atoms with Gasteiger partial charge in [-0.2, -0.15) is 0 Å². The lowest BCUT2D eigenvalue weighted by atomic mass is 10.1. The Morgan fingerprint density at radius 2 is 1.80 bits per heavy atom. The Morgan fingerprint density at radius 3 is 2.45 bits per heavy atom. The van der Waals surface area contributed by atoms with E-state index < -0.39 is 0 Å². The number of nitrogens with two attached hydrogens (primary N) is 1. The van der Waals surface area contributed by atoms with Crippen LogP contribution in [0.15, 0.2) is 53.0 Å². The maximum Gasteiger partial charge on any atom is 0.251 e. The molecule has 0 spiro atoms. The SMILES string of the molecule is NCCc1ccc(CNC(=O)c2cccc(Br)c2)cc1. The molecular formula is C16H17BrN2O. The first kappa shape index (κ1) is 14.8. The Hall–Kier alpha value is -1.65. The molecule has 0 aliphatic rings. The zero-order valence-electron chi connectivity index (χ0n) is 11.1. The summed E-state index contributed by atoms with van der Waals surface area (Å²) in [5.41, 5.74) is 8.46. The highest BCUT2D eigenvalue weighted by molar-refractivity contribution is 9.10. The zero-order valence-corrected chi connectivity index (χ0v) is 12.7. The molecule has 20 heavy (non-hydrogen) atoms. The van der Waals surface area contributed by atoms with Gasteiger partial charge in [0.2, 0.25) is 0 Å². The Labute approximate surface area is 127 Å². The number of nitrogens with one attached hydrogen (secondary N) is 1. The predicted molar refractivity (Wildman–Crippen MR) is 84.5 cm³/mol. The van der Waals surface area contributed by atoms with Crippen LogP contribution in [0.3, 0.4) is 0 Å². The van der Waals surface area contributed by atoms with Gasteiger partial charge in [-0.1, -0.05) is 46.3 Å². The molecule has 3 N–H and O–H groups in total. The van der Waals surface area contributed by atoms with Gasteiger partial charge in [0.25, 0.3) is 5.91 Å². The molecule has 0 saturated carbocycles. The lowest BCUT2D eigenvalue weighted by Crippen LogP contribution is -2.22. The van der Waals surface area contributed by atoms with E-state index >= 15 is 0 Å². The van der Waals surface area contributed by atoms with E-state index in [1.54, 1.807) is 12.1 Å². The fraction of sp³-hybridized carbons (Fsp3) is 0.188. The fourth-order valence-corrected chi connectivity index (χ4v) is 2.30. The van der Waals surface area contributed by atoms with E-state index in [-0.39, 0.29) is 5.91 Å². The van der Waals surface area contributed by atoms with Gasteiger partial charge in [-0.25, -0.2) is 0 Å². The molecule has 1 amide bonds. The van der Waals surface area contributed by atoms with Gasteiger partial charge in [0, 0.05) is 16.6 Å². The highest BCUT2D eigenvalue weighted by Gasteiger charge is 2.05. The molecule has 0 fully saturated rings. The fourth-order valence-electron chi connectivity index (χ4n) is 1.90. The molecule has 3 nitrogen and oxygen atoms in total. The van der Waals surface area contributed by atoms with Crippen LogP contribution in [0.5, 0.6) is 0 Å².